The quantitative estimate of drug-likeness (QED) is 0.740. The van der Waals surface area contributed by atoms with Gasteiger partial charge in [0.15, 0.2) is 0 Å². The van der Waals surface area contributed by atoms with Crippen LogP contribution in [0.4, 0.5) is 0 Å². The molecule has 0 aromatic heterocycles. The molecule has 144 valence electrons. The van der Waals surface area contributed by atoms with Crippen molar-refractivity contribution in [2.24, 2.45) is 0 Å². The Morgan fingerprint density at radius 1 is 1.19 bits per heavy atom. The van der Waals surface area contributed by atoms with Gasteiger partial charge in [-0.3, -0.25) is 4.79 Å². The summed E-state index contributed by atoms with van der Waals surface area (Å²) in [6.45, 7) is 2.07. The van der Waals surface area contributed by atoms with E-state index in [9.17, 15) is 13.2 Å². The third-order valence-electron chi connectivity index (χ3n) is 3.98. The molecule has 27 heavy (non-hydrogen) atoms. The van der Waals surface area contributed by atoms with Gasteiger partial charge >= 0.3 is 0 Å². The molecule has 6 nitrogen and oxygen atoms in total. The summed E-state index contributed by atoms with van der Waals surface area (Å²) in [5.41, 5.74) is 2.38. The topological polar surface area (TPSA) is 75.7 Å². The molecule has 0 fully saturated rings. The zero-order chi connectivity index (χ0) is 20.0. The number of methoxy groups -OCH3 is 1. The van der Waals surface area contributed by atoms with Crippen LogP contribution in [0.5, 0.6) is 5.75 Å². The maximum absolute atomic E-state index is 12.4. The summed E-state index contributed by atoms with van der Waals surface area (Å²) in [4.78, 5) is 12.4. The number of amides is 1. The van der Waals surface area contributed by atoms with Gasteiger partial charge in [0.25, 0.3) is 0 Å². The van der Waals surface area contributed by atoms with E-state index in [2.05, 4.69) is 5.32 Å². The van der Waals surface area contributed by atoms with Crippen LogP contribution in [-0.2, 0) is 21.4 Å². The number of carbonyl (C=O) groups is 1. The monoisotopic (exact) mass is 388 g/mol. The molecular formula is C20H24N2O4S. The molecule has 1 N–H and O–H groups in total. The minimum atomic E-state index is -3.58. The summed E-state index contributed by atoms with van der Waals surface area (Å²) < 4.78 is 31.2. The van der Waals surface area contributed by atoms with Crippen LogP contribution in [0.15, 0.2) is 53.4 Å². The smallest absolute Gasteiger partial charge is 0.244 e. The van der Waals surface area contributed by atoms with E-state index in [4.69, 9.17) is 4.74 Å². The van der Waals surface area contributed by atoms with Crippen molar-refractivity contribution in [3.05, 3.63) is 65.2 Å². The van der Waals surface area contributed by atoms with Gasteiger partial charge in [-0.2, -0.15) is 0 Å². The summed E-state index contributed by atoms with van der Waals surface area (Å²) in [7, 11) is 0.946. The predicted molar refractivity (Wildman–Crippen MR) is 106 cm³/mol. The number of aryl methyl sites for hydroxylation is 1. The van der Waals surface area contributed by atoms with E-state index in [0.717, 1.165) is 15.4 Å². The van der Waals surface area contributed by atoms with Crippen LogP contribution in [0.3, 0.4) is 0 Å². The van der Waals surface area contributed by atoms with Crippen molar-refractivity contribution in [2.75, 3.05) is 21.2 Å². The lowest BCUT2D eigenvalue weighted by atomic mass is 10.1. The summed E-state index contributed by atoms with van der Waals surface area (Å²) in [5.74, 6) is 0.350. The van der Waals surface area contributed by atoms with E-state index >= 15 is 0 Å². The Morgan fingerprint density at radius 3 is 2.56 bits per heavy atom. The van der Waals surface area contributed by atoms with E-state index in [-0.39, 0.29) is 17.3 Å². The second-order valence-corrected chi connectivity index (χ2v) is 8.31. The molecule has 0 saturated carbocycles. The molecule has 2 rings (SSSR count). The van der Waals surface area contributed by atoms with Gasteiger partial charge in [-0.05, 0) is 36.8 Å². The Balaban J connectivity index is 2.13. The SMILES string of the molecule is COc1ccc(C)cc1/C=C/C(=O)NCc1ccccc1S(=O)(=O)N(C)C. The van der Waals surface area contributed by atoms with Crippen molar-refractivity contribution in [3.8, 4) is 5.75 Å². The van der Waals surface area contributed by atoms with E-state index in [1.165, 1.54) is 26.2 Å². The van der Waals surface area contributed by atoms with Gasteiger partial charge in [-0.25, -0.2) is 12.7 Å². The number of hydrogen-bond donors (Lipinski definition) is 1. The molecule has 0 spiro atoms. The van der Waals surface area contributed by atoms with Gasteiger partial charge in [-0.1, -0.05) is 29.8 Å². The van der Waals surface area contributed by atoms with Crippen molar-refractivity contribution < 1.29 is 17.9 Å². The van der Waals surface area contributed by atoms with Crippen LogP contribution in [0.1, 0.15) is 16.7 Å². The lowest BCUT2D eigenvalue weighted by molar-refractivity contribution is -0.116. The van der Waals surface area contributed by atoms with Gasteiger partial charge in [0, 0.05) is 32.3 Å². The minimum absolute atomic E-state index is 0.109. The third-order valence-corrected chi connectivity index (χ3v) is 5.90. The van der Waals surface area contributed by atoms with E-state index in [1.54, 1.807) is 31.4 Å². The molecule has 0 radical (unpaired) electrons. The fraction of sp³-hybridized carbons (Fsp3) is 0.250. The number of ether oxygens (including phenoxy) is 1. The molecular weight excluding hydrogens is 364 g/mol. The minimum Gasteiger partial charge on any atom is -0.496 e. The van der Waals surface area contributed by atoms with Gasteiger partial charge < -0.3 is 10.1 Å². The predicted octanol–water partition coefficient (Wildman–Crippen LogP) is 2.58. The summed E-state index contributed by atoms with van der Waals surface area (Å²) >= 11 is 0. The highest BCUT2D eigenvalue weighted by molar-refractivity contribution is 7.89. The molecule has 0 aliphatic rings. The van der Waals surface area contributed by atoms with Crippen molar-refractivity contribution >= 4 is 22.0 Å². The number of hydrogen-bond acceptors (Lipinski definition) is 4. The summed E-state index contributed by atoms with van der Waals surface area (Å²) in [6.07, 6.45) is 3.07. The largest absolute Gasteiger partial charge is 0.496 e. The molecule has 0 aliphatic heterocycles. The first-order valence-corrected chi connectivity index (χ1v) is 9.80. The Labute approximate surface area is 160 Å². The van der Waals surface area contributed by atoms with E-state index in [1.807, 2.05) is 25.1 Å². The zero-order valence-corrected chi connectivity index (χ0v) is 16.7. The fourth-order valence-electron chi connectivity index (χ4n) is 2.49. The molecule has 0 unspecified atom stereocenters. The molecule has 0 saturated heterocycles. The lowest BCUT2D eigenvalue weighted by Crippen LogP contribution is -2.26. The van der Waals surface area contributed by atoms with Crippen LogP contribution in [0, 0.1) is 6.92 Å². The van der Waals surface area contributed by atoms with Gasteiger partial charge in [-0.15, -0.1) is 0 Å². The first-order chi connectivity index (χ1) is 12.8. The molecule has 0 atom stereocenters. The normalized spacial score (nSPS) is 11.7. The fourth-order valence-corrected chi connectivity index (χ4v) is 3.60. The average Bonchev–Trinajstić information content (AvgIpc) is 2.64. The molecule has 1 amide bonds. The molecule has 2 aromatic carbocycles. The maximum atomic E-state index is 12.4. The Morgan fingerprint density at radius 2 is 1.89 bits per heavy atom. The summed E-state index contributed by atoms with van der Waals surface area (Å²) in [5, 5.41) is 2.72. The molecule has 7 heteroatoms. The van der Waals surface area contributed by atoms with Crippen LogP contribution in [-0.4, -0.2) is 39.8 Å². The number of benzene rings is 2. The molecule has 2 aromatic rings. The van der Waals surface area contributed by atoms with Crippen LogP contribution in [0.2, 0.25) is 0 Å². The van der Waals surface area contributed by atoms with Gasteiger partial charge in [0.1, 0.15) is 5.75 Å². The van der Waals surface area contributed by atoms with Gasteiger partial charge in [0.2, 0.25) is 15.9 Å². The first kappa shape index (κ1) is 20.7. The highest BCUT2D eigenvalue weighted by Gasteiger charge is 2.20. The van der Waals surface area contributed by atoms with Crippen LogP contribution >= 0.6 is 0 Å². The van der Waals surface area contributed by atoms with E-state index in [0.29, 0.717) is 11.3 Å². The van der Waals surface area contributed by atoms with Crippen molar-refractivity contribution in [3.63, 3.8) is 0 Å². The van der Waals surface area contributed by atoms with Gasteiger partial charge in [0.05, 0.1) is 12.0 Å². The first-order valence-electron chi connectivity index (χ1n) is 8.36. The molecule has 0 bridgehead atoms. The maximum Gasteiger partial charge on any atom is 0.244 e. The second kappa shape index (κ2) is 8.83. The Kier molecular flexibility index (Phi) is 6.76. The standard InChI is InChI=1S/C20H24N2O4S/c1-15-9-11-18(26-4)16(13-15)10-12-20(23)21-14-17-7-5-6-8-19(17)27(24,25)22(2)3/h5-13H,14H2,1-4H3,(H,21,23)/b12-10+. The van der Waals surface area contributed by atoms with Crippen molar-refractivity contribution in [1.82, 2.24) is 9.62 Å². The number of rotatable bonds is 7. The Bertz CT molecular complexity index is 950. The highest BCUT2D eigenvalue weighted by Crippen LogP contribution is 2.21. The van der Waals surface area contributed by atoms with Crippen molar-refractivity contribution in [1.29, 1.82) is 0 Å². The van der Waals surface area contributed by atoms with Crippen molar-refractivity contribution in [2.45, 2.75) is 18.4 Å². The lowest BCUT2D eigenvalue weighted by Gasteiger charge is -2.15. The van der Waals surface area contributed by atoms with E-state index < -0.39 is 10.0 Å². The number of carbonyl (C=O) groups excluding carboxylic acids is 1. The molecule has 0 heterocycles. The average molecular weight is 388 g/mol. The van der Waals surface area contributed by atoms with Crippen LogP contribution in [0.25, 0.3) is 6.08 Å². The Hall–Kier alpha value is -2.64. The number of nitrogens with zero attached hydrogens (tertiary/aromatic N) is 1. The summed E-state index contributed by atoms with van der Waals surface area (Å²) in [6, 6.07) is 12.3. The highest BCUT2D eigenvalue weighted by atomic mass is 32.2. The third kappa shape index (κ3) is 5.18. The zero-order valence-electron chi connectivity index (χ0n) is 15.9. The number of sulfonamides is 1. The molecule has 0 aliphatic carbocycles. The number of nitrogens with one attached hydrogen (secondary N) is 1. The second-order valence-electron chi connectivity index (χ2n) is 6.19. The van der Waals surface area contributed by atoms with Crippen LogP contribution < -0.4 is 10.1 Å².